The Balaban J connectivity index is 0.00000264. The zero-order valence-corrected chi connectivity index (χ0v) is 14.6. The molecule has 0 saturated heterocycles. The molecule has 0 spiro atoms. The summed E-state index contributed by atoms with van der Waals surface area (Å²) in [6.45, 7) is 2.56. The largest absolute Gasteiger partial charge is 0.348 e. The first-order valence-corrected chi connectivity index (χ1v) is 7.83. The van der Waals surface area contributed by atoms with Gasteiger partial charge in [0.05, 0.1) is 17.4 Å². The fraction of sp³-hybridized carbons (Fsp3) is 0.375. The van der Waals surface area contributed by atoms with Crippen LogP contribution in [-0.4, -0.2) is 28.3 Å². The molecule has 2 rings (SSSR count). The van der Waals surface area contributed by atoms with Crippen LogP contribution >= 0.6 is 24.0 Å². The summed E-state index contributed by atoms with van der Waals surface area (Å²) in [5, 5.41) is 7.83. The van der Waals surface area contributed by atoms with E-state index < -0.39 is 0 Å². The summed E-state index contributed by atoms with van der Waals surface area (Å²) in [6, 6.07) is 7.27. The van der Waals surface area contributed by atoms with Gasteiger partial charge in [-0.1, -0.05) is 31.4 Å². The molecule has 1 aromatic carbocycles. The van der Waals surface area contributed by atoms with Crippen LogP contribution in [0.15, 0.2) is 36.7 Å². The highest BCUT2D eigenvalue weighted by Gasteiger charge is 2.14. The van der Waals surface area contributed by atoms with Crippen molar-refractivity contribution in [1.29, 1.82) is 0 Å². The highest BCUT2D eigenvalue weighted by molar-refractivity contribution is 6.30. The number of aromatic nitrogens is 2. The van der Waals surface area contributed by atoms with Crippen LogP contribution in [0, 0.1) is 0 Å². The molecule has 0 fully saturated rings. The Morgan fingerprint density at radius 3 is 2.70 bits per heavy atom. The van der Waals surface area contributed by atoms with E-state index in [1.807, 2.05) is 12.1 Å². The van der Waals surface area contributed by atoms with Crippen LogP contribution in [0.3, 0.4) is 0 Å². The van der Waals surface area contributed by atoms with Gasteiger partial charge in [0, 0.05) is 23.8 Å². The van der Waals surface area contributed by atoms with E-state index in [2.05, 4.69) is 17.3 Å². The van der Waals surface area contributed by atoms with Gasteiger partial charge in [0.2, 0.25) is 0 Å². The number of unbranched alkanes of at least 4 members (excludes halogenated alkanes) is 1. The van der Waals surface area contributed by atoms with Crippen LogP contribution in [-0.2, 0) is 0 Å². The Labute approximate surface area is 147 Å². The fourth-order valence-corrected chi connectivity index (χ4v) is 2.27. The molecule has 7 heteroatoms. The van der Waals surface area contributed by atoms with Gasteiger partial charge < -0.3 is 11.1 Å². The van der Waals surface area contributed by atoms with Crippen molar-refractivity contribution in [2.45, 2.75) is 32.2 Å². The summed E-state index contributed by atoms with van der Waals surface area (Å²) in [4.78, 5) is 12.2. The first-order valence-electron chi connectivity index (χ1n) is 7.45. The number of amides is 1. The second-order valence-electron chi connectivity index (χ2n) is 5.20. The normalized spacial score (nSPS) is 11.6. The monoisotopic (exact) mass is 356 g/mol. The Kier molecular flexibility index (Phi) is 8.09. The molecular weight excluding hydrogens is 335 g/mol. The smallest absolute Gasteiger partial charge is 0.254 e. The van der Waals surface area contributed by atoms with Gasteiger partial charge in [0.1, 0.15) is 0 Å². The van der Waals surface area contributed by atoms with Crippen molar-refractivity contribution >= 4 is 29.9 Å². The van der Waals surface area contributed by atoms with Gasteiger partial charge in [-0.2, -0.15) is 5.10 Å². The third-order valence-electron chi connectivity index (χ3n) is 3.46. The number of halogens is 2. The lowest BCUT2D eigenvalue weighted by Crippen LogP contribution is -2.40. The first kappa shape index (κ1) is 19.5. The van der Waals surface area contributed by atoms with E-state index in [-0.39, 0.29) is 24.4 Å². The van der Waals surface area contributed by atoms with Crippen LogP contribution in [0.25, 0.3) is 5.69 Å². The molecule has 126 valence electrons. The van der Waals surface area contributed by atoms with Gasteiger partial charge >= 0.3 is 0 Å². The number of hydrogen-bond acceptors (Lipinski definition) is 3. The van der Waals surface area contributed by atoms with Crippen molar-refractivity contribution in [3.05, 3.63) is 47.2 Å². The number of rotatable bonds is 7. The predicted molar refractivity (Wildman–Crippen MR) is 95.7 cm³/mol. The van der Waals surface area contributed by atoms with Gasteiger partial charge in [0.15, 0.2) is 0 Å². The molecule has 1 unspecified atom stereocenters. The third-order valence-corrected chi connectivity index (χ3v) is 3.71. The summed E-state index contributed by atoms with van der Waals surface area (Å²) < 4.78 is 1.65. The zero-order chi connectivity index (χ0) is 15.9. The lowest BCUT2D eigenvalue weighted by molar-refractivity contribution is 0.0936. The molecule has 1 heterocycles. The summed E-state index contributed by atoms with van der Waals surface area (Å²) in [5.74, 6) is -0.147. The van der Waals surface area contributed by atoms with E-state index in [1.165, 1.54) is 0 Å². The van der Waals surface area contributed by atoms with Crippen molar-refractivity contribution in [3.63, 3.8) is 0 Å². The molecule has 0 saturated carbocycles. The van der Waals surface area contributed by atoms with Crippen molar-refractivity contribution in [3.8, 4) is 5.69 Å². The number of hydrogen-bond donors (Lipinski definition) is 2. The van der Waals surface area contributed by atoms with Gasteiger partial charge in [-0.3, -0.25) is 4.79 Å². The van der Waals surface area contributed by atoms with Crippen molar-refractivity contribution in [2.75, 3.05) is 6.54 Å². The number of carbonyl (C=O) groups excluding carboxylic acids is 1. The van der Waals surface area contributed by atoms with Crippen LogP contribution in [0.2, 0.25) is 5.02 Å². The standard InChI is InChI=1S/C16H21ClN4O.ClH/c1-2-3-4-14(9-18)20-16(22)12-10-19-21(11-12)15-7-5-13(17)6-8-15;/h5-8,10-11,14H,2-4,9,18H2,1H3,(H,20,22);1H. The van der Waals surface area contributed by atoms with Crippen LogP contribution in [0.5, 0.6) is 0 Å². The minimum absolute atomic E-state index is 0. The lowest BCUT2D eigenvalue weighted by Gasteiger charge is -2.15. The van der Waals surface area contributed by atoms with E-state index in [4.69, 9.17) is 17.3 Å². The van der Waals surface area contributed by atoms with E-state index in [0.29, 0.717) is 17.1 Å². The Morgan fingerprint density at radius 2 is 2.09 bits per heavy atom. The van der Waals surface area contributed by atoms with E-state index in [1.54, 1.807) is 29.2 Å². The average Bonchev–Trinajstić information content (AvgIpc) is 3.02. The number of nitrogens with two attached hydrogens (primary N) is 1. The Morgan fingerprint density at radius 1 is 1.39 bits per heavy atom. The molecule has 0 aliphatic heterocycles. The quantitative estimate of drug-likeness (QED) is 0.799. The molecule has 0 bridgehead atoms. The predicted octanol–water partition coefficient (Wildman–Crippen LogP) is 3.19. The molecule has 1 atom stereocenters. The van der Waals surface area contributed by atoms with Gasteiger partial charge in [-0.15, -0.1) is 12.4 Å². The number of benzene rings is 1. The number of carbonyl (C=O) groups is 1. The molecule has 0 aliphatic carbocycles. The number of nitrogens with zero attached hydrogens (tertiary/aromatic N) is 2. The second kappa shape index (κ2) is 9.55. The van der Waals surface area contributed by atoms with Crippen LogP contribution < -0.4 is 11.1 Å². The number of nitrogens with one attached hydrogen (secondary N) is 1. The van der Waals surface area contributed by atoms with Gasteiger partial charge in [-0.05, 0) is 30.7 Å². The average molecular weight is 357 g/mol. The minimum Gasteiger partial charge on any atom is -0.348 e. The molecule has 1 amide bonds. The molecule has 2 aromatic rings. The minimum atomic E-state index is -0.147. The van der Waals surface area contributed by atoms with Gasteiger partial charge in [-0.25, -0.2) is 4.68 Å². The van der Waals surface area contributed by atoms with Crippen molar-refractivity contribution < 1.29 is 4.79 Å². The second-order valence-corrected chi connectivity index (χ2v) is 5.63. The molecule has 23 heavy (non-hydrogen) atoms. The summed E-state index contributed by atoms with van der Waals surface area (Å²) in [7, 11) is 0. The molecule has 3 N–H and O–H groups in total. The van der Waals surface area contributed by atoms with E-state index >= 15 is 0 Å². The SMILES string of the molecule is CCCCC(CN)NC(=O)c1cnn(-c2ccc(Cl)cc2)c1.Cl. The van der Waals surface area contributed by atoms with Crippen molar-refractivity contribution in [2.24, 2.45) is 5.73 Å². The summed E-state index contributed by atoms with van der Waals surface area (Å²) in [6.07, 6.45) is 6.28. The van der Waals surface area contributed by atoms with Gasteiger partial charge in [0.25, 0.3) is 5.91 Å². The molecule has 5 nitrogen and oxygen atoms in total. The molecular formula is C16H22Cl2N4O. The van der Waals surface area contributed by atoms with Crippen LogP contribution in [0.1, 0.15) is 36.5 Å². The highest BCUT2D eigenvalue weighted by Crippen LogP contribution is 2.13. The van der Waals surface area contributed by atoms with Crippen molar-refractivity contribution in [1.82, 2.24) is 15.1 Å². The third kappa shape index (κ3) is 5.53. The fourth-order valence-electron chi connectivity index (χ4n) is 2.14. The molecule has 0 aliphatic rings. The van der Waals surface area contributed by atoms with E-state index in [9.17, 15) is 4.79 Å². The summed E-state index contributed by atoms with van der Waals surface area (Å²) >= 11 is 5.86. The molecule has 0 radical (unpaired) electrons. The topological polar surface area (TPSA) is 72.9 Å². The maximum Gasteiger partial charge on any atom is 0.254 e. The maximum atomic E-state index is 12.2. The Hall–Kier alpha value is -1.56. The Bertz CT molecular complexity index is 613. The van der Waals surface area contributed by atoms with E-state index in [0.717, 1.165) is 24.9 Å². The zero-order valence-electron chi connectivity index (χ0n) is 13.0. The summed E-state index contributed by atoms with van der Waals surface area (Å²) in [5.41, 5.74) is 7.07. The molecule has 1 aromatic heterocycles. The van der Waals surface area contributed by atoms with Crippen LogP contribution in [0.4, 0.5) is 0 Å². The highest BCUT2D eigenvalue weighted by atomic mass is 35.5. The maximum absolute atomic E-state index is 12.2. The lowest BCUT2D eigenvalue weighted by atomic mass is 10.1. The first-order chi connectivity index (χ1) is 10.6.